The summed E-state index contributed by atoms with van der Waals surface area (Å²) < 4.78 is 1.76. The standard InChI is InChI=1S/C9H9N3S/c1-2-4-9(5-3-1)8-13-12-7-6-10-11-12/h1-7H,8H2. The van der Waals surface area contributed by atoms with Crippen molar-refractivity contribution in [2.24, 2.45) is 0 Å². The van der Waals surface area contributed by atoms with E-state index < -0.39 is 0 Å². The molecule has 0 radical (unpaired) electrons. The van der Waals surface area contributed by atoms with Crippen LogP contribution in [0.15, 0.2) is 42.7 Å². The Morgan fingerprint density at radius 2 is 2.08 bits per heavy atom. The van der Waals surface area contributed by atoms with E-state index in [1.807, 2.05) is 24.4 Å². The van der Waals surface area contributed by atoms with Crippen LogP contribution in [-0.4, -0.2) is 14.4 Å². The Hall–Kier alpha value is -1.29. The molecule has 13 heavy (non-hydrogen) atoms. The smallest absolute Gasteiger partial charge is 0.0704 e. The molecule has 0 aliphatic carbocycles. The van der Waals surface area contributed by atoms with Crippen LogP contribution < -0.4 is 0 Å². The molecule has 0 fully saturated rings. The first kappa shape index (κ1) is 8.31. The fourth-order valence-electron chi connectivity index (χ4n) is 0.981. The van der Waals surface area contributed by atoms with Crippen molar-refractivity contribution in [2.75, 3.05) is 0 Å². The zero-order valence-electron chi connectivity index (χ0n) is 7.00. The summed E-state index contributed by atoms with van der Waals surface area (Å²) in [4.78, 5) is 0. The Morgan fingerprint density at radius 1 is 1.23 bits per heavy atom. The van der Waals surface area contributed by atoms with Crippen molar-refractivity contribution in [3.63, 3.8) is 0 Å². The van der Waals surface area contributed by atoms with E-state index in [1.54, 1.807) is 22.2 Å². The van der Waals surface area contributed by atoms with Crippen LogP contribution in [0, 0.1) is 0 Å². The maximum atomic E-state index is 3.86. The second kappa shape index (κ2) is 4.09. The van der Waals surface area contributed by atoms with Crippen LogP contribution in [0.5, 0.6) is 0 Å². The van der Waals surface area contributed by atoms with Crippen LogP contribution in [0.25, 0.3) is 0 Å². The lowest BCUT2D eigenvalue weighted by molar-refractivity contribution is 0.889. The van der Waals surface area contributed by atoms with E-state index in [1.165, 1.54) is 5.56 Å². The van der Waals surface area contributed by atoms with Crippen LogP contribution >= 0.6 is 11.9 Å². The van der Waals surface area contributed by atoms with Gasteiger partial charge in [-0.25, -0.2) is 0 Å². The lowest BCUT2D eigenvalue weighted by Gasteiger charge is -1.98. The normalized spacial score (nSPS) is 10.2. The molecule has 2 rings (SSSR count). The van der Waals surface area contributed by atoms with Gasteiger partial charge >= 0.3 is 0 Å². The minimum atomic E-state index is 0.921. The van der Waals surface area contributed by atoms with E-state index in [9.17, 15) is 0 Å². The van der Waals surface area contributed by atoms with E-state index in [-0.39, 0.29) is 0 Å². The summed E-state index contributed by atoms with van der Waals surface area (Å²) in [6.07, 6.45) is 3.52. The lowest BCUT2D eigenvalue weighted by Crippen LogP contribution is -1.89. The van der Waals surface area contributed by atoms with Gasteiger partial charge in [-0.05, 0) is 17.5 Å². The van der Waals surface area contributed by atoms with Gasteiger partial charge in [-0.3, -0.25) is 0 Å². The molecule has 1 heterocycles. The number of nitrogens with zero attached hydrogens (tertiary/aromatic N) is 3. The predicted molar refractivity (Wildman–Crippen MR) is 53.2 cm³/mol. The molecule has 0 atom stereocenters. The van der Waals surface area contributed by atoms with Crippen LogP contribution in [-0.2, 0) is 5.75 Å². The van der Waals surface area contributed by atoms with Gasteiger partial charge in [0, 0.05) is 5.75 Å². The van der Waals surface area contributed by atoms with Gasteiger partial charge in [0.25, 0.3) is 0 Å². The van der Waals surface area contributed by atoms with Crippen molar-refractivity contribution in [2.45, 2.75) is 5.75 Å². The van der Waals surface area contributed by atoms with Crippen molar-refractivity contribution in [1.82, 2.24) is 14.4 Å². The molecule has 0 bridgehead atoms. The zero-order valence-corrected chi connectivity index (χ0v) is 7.81. The lowest BCUT2D eigenvalue weighted by atomic mass is 10.2. The Morgan fingerprint density at radius 3 is 2.77 bits per heavy atom. The second-order valence-electron chi connectivity index (χ2n) is 2.56. The first-order valence-corrected chi connectivity index (χ1v) is 4.93. The van der Waals surface area contributed by atoms with Gasteiger partial charge in [-0.1, -0.05) is 35.5 Å². The molecule has 0 aliphatic heterocycles. The van der Waals surface area contributed by atoms with E-state index in [2.05, 4.69) is 22.4 Å². The van der Waals surface area contributed by atoms with Crippen LogP contribution in [0.3, 0.4) is 0 Å². The summed E-state index contributed by atoms with van der Waals surface area (Å²) in [6, 6.07) is 10.3. The molecule has 0 spiro atoms. The second-order valence-corrected chi connectivity index (χ2v) is 3.49. The highest BCUT2D eigenvalue weighted by molar-refractivity contribution is 7.96. The number of rotatable bonds is 3. The molecule has 0 saturated carbocycles. The third-order valence-corrected chi connectivity index (χ3v) is 2.53. The third kappa shape index (κ3) is 2.32. The summed E-state index contributed by atoms with van der Waals surface area (Å²) in [6.45, 7) is 0. The topological polar surface area (TPSA) is 30.7 Å². The third-order valence-electron chi connectivity index (χ3n) is 1.61. The average molecular weight is 191 g/mol. The highest BCUT2D eigenvalue weighted by Crippen LogP contribution is 2.11. The van der Waals surface area contributed by atoms with Crippen molar-refractivity contribution in [3.8, 4) is 0 Å². The number of hydrogen-bond acceptors (Lipinski definition) is 3. The van der Waals surface area contributed by atoms with Crippen LogP contribution in [0.1, 0.15) is 5.56 Å². The van der Waals surface area contributed by atoms with E-state index >= 15 is 0 Å². The van der Waals surface area contributed by atoms with Crippen molar-refractivity contribution in [3.05, 3.63) is 48.3 Å². The van der Waals surface area contributed by atoms with Crippen molar-refractivity contribution < 1.29 is 0 Å². The monoisotopic (exact) mass is 191 g/mol. The van der Waals surface area contributed by atoms with Crippen molar-refractivity contribution >= 4 is 11.9 Å². The van der Waals surface area contributed by atoms with Gasteiger partial charge < -0.3 is 0 Å². The first-order chi connectivity index (χ1) is 6.45. The maximum absolute atomic E-state index is 3.86. The molecule has 0 unspecified atom stereocenters. The minimum Gasteiger partial charge on any atom is -0.194 e. The molecular formula is C9H9N3S. The van der Waals surface area contributed by atoms with Gasteiger partial charge in [0.15, 0.2) is 0 Å². The largest absolute Gasteiger partial charge is 0.194 e. The molecule has 0 N–H and O–H groups in total. The minimum absolute atomic E-state index is 0.921. The Bertz CT molecular complexity index is 344. The highest BCUT2D eigenvalue weighted by Gasteiger charge is 1.94. The summed E-state index contributed by atoms with van der Waals surface area (Å²) in [7, 11) is 0. The summed E-state index contributed by atoms with van der Waals surface area (Å²) >= 11 is 1.62. The molecule has 3 nitrogen and oxygen atoms in total. The van der Waals surface area contributed by atoms with Crippen LogP contribution in [0.2, 0.25) is 0 Å². The molecule has 1 aromatic heterocycles. The van der Waals surface area contributed by atoms with Crippen LogP contribution in [0.4, 0.5) is 0 Å². The molecule has 2 aromatic rings. The number of hydrogen-bond donors (Lipinski definition) is 0. The molecule has 4 heteroatoms. The molecule has 0 saturated heterocycles. The van der Waals surface area contributed by atoms with Gasteiger partial charge in [-0.15, -0.1) is 5.10 Å². The number of aromatic nitrogens is 3. The molecule has 1 aromatic carbocycles. The molecule has 66 valence electrons. The maximum Gasteiger partial charge on any atom is 0.0704 e. The zero-order chi connectivity index (χ0) is 8.93. The molecule has 0 amide bonds. The number of benzene rings is 1. The van der Waals surface area contributed by atoms with Gasteiger partial charge in [-0.2, -0.15) is 4.09 Å². The summed E-state index contributed by atoms with van der Waals surface area (Å²) in [5.74, 6) is 0.921. The van der Waals surface area contributed by atoms with Gasteiger partial charge in [0.1, 0.15) is 0 Å². The summed E-state index contributed by atoms with van der Waals surface area (Å²) in [5.41, 5.74) is 1.29. The van der Waals surface area contributed by atoms with E-state index in [4.69, 9.17) is 0 Å². The Labute approximate surface area is 80.9 Å². The molecule has 0 aliphatic rings. The fraction of sp³-hybridized carbons (Fsp3) is 0.111. The van der Waals surface area contributed by atoms with Crippen molar-refractivity contribution in [1.29, 1.82) is 0 Å². The fourth-order valence-corrected chi connectivity index (χ4v) is 1.69. The predicted octanol–water partition coefficient (Wildman–Crippen LogP) is 1.97. The van der Waals surface area contributed by atoms with E-state index in [0.29, 0.717) is 0 Å². The van der Waals surface area contributed by atoms with E-state index in [0.717, 1.165) is 5.75 Å². The first-order valence-electron chi connectivity index (χ1n) is 3.99. The highest BCUT2D eigenvalue weighted by atomic mass is 32.2. The quantitative estimate of drug-likeness (QED) is 0.743. The SMILES string of the molecule is c1ccc(CSn2ccnn2)cc1. The van der Waals surface area contributed by atoms with Gasteiger partial charge in [0.2, 0.25) is 0 Å². The van der Waals surface area contributed by atoms with Gasteiger partial charge in [0.05, 0.1) is 12.4 Å². The molecular weight excluding hydrogens is 182 g/mol. The Kier molecular flexibility index (Phi) is 2.62. The summed E-state index contributed by atoms with van der Waals surface area (Å²) in [5, 5.41) is 7.59. The average Bonchev–Trinajstić information content (AvgIpc) is 2.69. The Balaban J connectivity index is 1.94.